The minimum absolute atomic E-state index is 0.314. The van der Waals surface area contributed by atoms with E-state index in [2.05, 4.69) is 5.32 Å². The molecule has 0 radical (unpaired) electrons. The van der Waals surface area contributed by atoms with Gasteiger partial charge in [0.1, 0.15) is 0 Å². The molecule has 100 valence electrons. The molecular formula is C14H14ClNO2S. The molecule has 3 nitrogen and oxygen atoms in total. The Labute approximate surface area is 121 Å². The zero-order chi connectivity index (χ0) is 13.8. The van der Waals surface area contributed by atoms with Crippen LogP contribution < -0.4 is 5.32 Å². The van der Waals surface area contributed by atoms with Crippen molar-refractivity contribution < 1.29 is 9.53 Å². The Morgan fingerprint density at radius 3 is 2.79 bits per heavy atom. The number of halogens is 1. The zero-order valence-corrected chi connectivity index (χ0v) is 12.2. The van der Waals surface area contributed by atoms with Gasteiger partial charge in [0.05, 0.1) is 7.11 Å². The van der Waals surface area contributed by atoms with Gasteiger partial charge in [-0.3, -0.25) is 0 Å². The Morgan fingerprint density at radius 1 is 1.42 bits per heavy atom. The van der Waals surface area contributed by atoms with Crippen molar-refractivity contribution in [2.75, 3.05) is 12.4 Å². The van der Waals surface area contributed by atoms with E-state index in [1.807, 2.05) is 30.5 Å². The summed E-state index contributed by atoms with van der Waals surface area (Å²) >= 11 is 7.47. The minimum Gasteiger partial charge on any atom is -0.467 e. The zero-order valence-electron chi connectivity index (χ0n) is 10.6. The van der Waals surface area contributed by atoms with Gasteiger partial charge in [-0.05, 0) is 42.1 Å². The van der Waals surface area contributed by atoms with Crippen molar-refractivity contribution in [3.05, 3.63) is 51.2 Å². The SMILES string of the molecule is COC(=O)C(Nc1cccc(Cl)c1)c1sccc1C. The van der Waals surface area contributed by atoms with Gasteiger partial charge in [-0.25, -0.2) is 4.79 Å². The van der Waals surface area contributed by atoms with Gasteiger partial charge in [0, 0.05) is 15.6 Å². The summed E-state index contributed by atoms with van der Waals surface area (Å²) in [6.07, 6.45) is 0. The predicted octanol–water partition coefficient (Wildman–Crippen LogP) is 4.04. The number of anilines is 1. The molecule has 0 aliphatic carbocycles. The molecule has 19 heavy (non-hydrogen) atoms. The number of rotatable bonds is 4. The number of methoxy groups -OCH3 is 1. The molecule has 0 aliphatic heterocycles. The van der Waals surface area contributed by atoms with Gasteiger partial charge in [0.2, 0.25) is 0 Å². The maximum Gasteiger partial charge on any atom is 0.333 e. The van der Waals surface area contributed by atoms with Crippen LogP contribution in [0.25, 0.3) is 0 Å². The number of hydrogen-bond donors (Lipinski definition) is 1. The first-order valence-electron chi connectivity index (χ1n) is 5.75. The fourth-order valence-corrected chi connectivity index (χ4v) is 2.93. The first-order chi connectivity index (χ1) is 9.11. The lowest BCUT2D eigenvalue weighted by Crippen LogP contribution is -2.22. The van der Waals surface area contributed by atoms with Crippen molar-refractivity contribution in [1.29, 1.82) is 0 Å². The Hall–Kier alpha value is -1.52. The van der Waals surface area contributed by atoms with Crippen molar-refractivity contribution in [3.8, 4) is 0 Å². The molecule has 1 unspecified atom stereocenters. The highest BCUT2D eigenvalue weighted by Gasteiger charge is 2.24. The quantitative estimate of drug-likeness (QED) is 0.865. The third-order valence-corrected chi connectivity index (χ3v) is 4.06. The van der Waals surface area contributed by atoms with Gasteiger partial charge in [-0.2, -0.15) is 0 Å². The number of carbonyl (C=O) groups excluding carboxylic acids is 1. The van der Waals surface area contributed by atoms with E-state index < -0.39 is 6.04 Å². The summed E-state index contributed by atoms with van der Waals surface area (Å²) in [6.45, 7) is 1.97. The van der Waals surface area contributed by atoms with Crippen LogP contribution in [0.15, 0.2) is 35.7 Å². The molecule has 1 aromatic carbocycles. The number of benzene rings is 1. The Morgan fingerprint density at radius 2 is 2.21 bits per heavy atom. The van der Waals surface area contributed by atoms with E-state index in [0.717, 1.165) is 16.1 Å². The topological polar surface area (TPSA) is 38.3 Å². The standard InChI is InChI=1S/C14H14ClNO2S/c1-9-6-7-19-13(9)12(14(17)18-2)16-11-5-3-4-10(15)8-11/h3-8,12,16H,1-2H3. The van der Waals surface area contributed by atoms with Crippen LogP contribution in [0, 0.1) is 6.92 Å². The number of thiophene rings is 1. The molecule has 1 N–H and O–H groups in total. The van der Waals surface area contributed by atoms with Crippen molar-refractivity contribution in [2.45, 2.75) is 13.0 Å². The van der Waals surface area contributed by atoms with E-state index in [-0.39, 0.29) is 5.97 Å². The summed E-state index contributed by atoms with van der Waals surface area (Å²) in [4.78, 5) is 12.9. The van der Waals surface area contributed by atoms with E-state index >= 15 is 0 Å². The first kappa shape index (κ1) is 13.9. The van der Waals surface area contributed by atoms with Crippen molar-refractivity contribution in [3.63, 3.8) is 0 Å². The Balaban J connectivity index is 2.29. The highest BCUT2D eigenvalue weighted by molar-refractivity contribution is 7.10. The maximum atomic E-state index is 11.9. The second-order valence-corrected chi connectivity index (χ2v) is 5.46. The summed E-state index contributed by atoms with van der Waals surface area (Å²) in [5.41, 5.74) is 1.85. The van der Waals surface area contributed by atoms with Crippen LogP contribution in [-0.2, 0) is 9.53 Å². The summed E-state index contributed by atoms with van der Waals surface area (Å²) in [6, 6.07) is 8.74. The van der Waals surface area contributed by atoms with Crippen LogP contribution in [0.4, 0.5) is 5.69 Å². The lowest BCUT2D eigenvalue weighted by Gasteiger charge is -2.17. The normalized spacial score (nSPS) is 11.9. The lowest BCUT2D eigenvalue weighted by molar-refractivity contribution is -0.141. The largest absolute Gasteiger partial charge is 0.467 e. The van der Waals surface area contributed by atoms with Crippen LogP contribution in [-0.4, -0.2) is 13.1 Å². The lowest BCUT2D eigenvalue weighted by atomic mass is 10.1. The maximum absolute atomic E-state index is 11.9. The highest BCUT2D eigenvalue weighted by Crippen LogP contribution is 2.29. The molecular weight excluding hydrogens is 282 g/mol. The van der Waals surface area contributed by atoms with Crippen LogP contribution in [0.5, 0.6) is 0 Å². The molecule has 0 aliphatic rings. The van der Waals surface area contributed by atoms with E-state index in [9.17, 15) is 4.79 Å². The van der Waals surface area contributed by atoms with Gasteiger partial charge in [-0.15, -0.1) is 11.3 Å². The number of aryl methyl sites for hydroxylation is 1. The summed E-state index contributed by atoms with van der Waals surface area (Å²) < 4.78 is 4.87. The molecule has 0 spiro atoms. The van der Waals surface area contributed by atoms with E-state index in [4.69, 9.17) is 16.3 Å². The van der Waals surface area contributed by atoms with Crippen LogP contribution in [0.3, 0.4) is 0 Å². The molecule has 5 heteroatoms. The van der Waals surface area contributed by atoms with Crippen LogP contribution in [0.1, 0.15) is 16.5 Å². The predicted molar refractivity (Wildman–Crippen MR) is 78.9 cm³/mol. The monoisotopic (exact) mass is 295 g/mol. The number of ether oxygens (including phenoxy) is 1. The van der Waals surface area contributed by atoms with Gasteiger partial charge >= 0.3 is 5.97 Å². The molecule has 2 aromatic rings. The second-order valence-electron chi connectivity index (χ2n) is 4.08. The Bertz CT molecular complexity index is 582. The average Bonchev–Trinajstić information content (AvgIpc) is 2.81. The fourth-order valence-electron chi connectivity index (χ4n) is 1.77. The Kier molecular flexibility index (Phi) is 4.45. The highest BCUT2D eigenvalue weighted by atomic mass is 35.5. The molecule has 0 amide bonds. The van der Waals surface area contributed by atoms with Gasteiger partial charge < -0.3 is 10.1 Å². The molecule has 1 aromatic heterocycles. The van der Waals surface area contributed by atoms with Crippen LogP contribution in [0.2, 0.25) is 5.02 Å². The average molecular weight is 296 g/mol. The van der Waals surface area contributed by atoms with Crippen LogP contribution >= 0.6 is 22.9 Å². The number of carbonyl (C=O) groups is 1. The van der Waals surface area contributed by atoms with Crippen molar-refractivity contribution in [1.82, 2.24) is 0 Å². The molecule has 0 fully saturated rings. The first-order valence-corrected chi connectivity index (χ1v) is 7.01. The molecule has 0 bridgehead atoms. The molecule has 0 saturated heterocycles. The van der Waals surface area contributed by atoms with E-state index in [0.29, 0.717) is 5.02 Å². The number of esters is 1. The number of nitrogens with one attached hydrogen (secondary N) is 1. The molecule has 0 saturated carbocycles. The van der Waals surface area contributed by atoms with Gasteiger partial charge in [0.25, 0.3) is 0 Å². The summed E-state index contributed by atoms with van der Waals surface area (Å²) in [5, 5.41) is 5.75. The summed E-state index contributed by atoms with van der Waals surface area (Å²) in [5.74, 6) is -0.314. The third-order valence-electron chi connectivity index (χ3n) is 2.74. The minimum atomic E-state index is -0.511. The van der Waals surface area contributed by atoms with Gasteiger partial charge in [-0.1, -0.05) is 17.7 Å². The molecule has 1 atom stereocenters. The van der Waals surface area contributed by atoms with Crippen molar-refractivity contribution >= 4 is 34.6 Å². The third kappa shape index (κ3) is 3.28. The molecule has 2 rings (SSSR count). The van der Waals surface area contributed by atoms with Crippen molar-refractivity contribution in [2.24, 2.45) is 0 Å². The molecule has 1 heterocycles. The smallest absolute Gasteiger partial charge is 0.333 e. The van der Waals surface area contributed by atoms with E-state index in [1.54, 1.807) is 12.1 Å². The van der Waals surface area contributed by atoms with E-state index in [1.165, 1.54) is 18.4 Å². The fraction of sp³-hybridized carbons (Fsp3) is 0.214. The summed E-state index contributed by atoms with van der Waals surface area (Å²) in [7, 11) is 1.39. The number of hydrogen-bond acceptors (Lipinski definition) is 4. The van der Waals surface area contributed by atoms with Gasteiger partial charge in [0.15, 0.2) is 6.04 Å². The second kappa shape index (κ2) is 6.08.